The van der Waals surface area contributed by atoms with Crippen molar-refractivity contribution in [3.05, 3.63) is 18.0 Å². The molecule has 3 nitrogen and oxygen atoms in total. The molecule has 0 saturated carbocycles. The lowest BCUT2D eigenvalue weighted by atomic mass is 10.0. The quantitative estimate of drug-likeness (QED) is 0.782. The van der Waals surface area contributed by atoms with Gasteiger partial charge in [-0.15, -0.1) is 0 Å². The summed E-state index contributed by atoms with van der Waals surface area (Å²) >= 11 is 0. The van der Waals surface area contributed by atoms with Gasteiger partial charge in [0.1, 0.15) is 0 Å². The molecule has 0 radical (unpaired) electrons. The largest absolute Gasteiger partial charge is 0.302 e. The lowest BCUT2D eigenvalue weighted by Crippen LogP contribution is -2.39. The van der Waals surface area contributed by atoms with Crippen molar-refractivity contribution < 1.29 is 0 Å². The molecule has 1 aliphatic heterocycles. The highest BCUT2D eigenvalue weighted by Crippen LogP contribution is 2.18. The van der Waals surface area contributed by atoms with Gasteiger partial charge >= 0.3 is 0 Å². The van der Waals surface area contributed by atoms with Crippen molar-refractivity contribution in [3.63, 3.8) is 0 Å². The highest BCUT2D eigenvalue weighted by atomic mass is 15.3. The number of rotatable bonds is 3. The van der Waals surface area contributed by atoms with Crippen LogP contribution in [0.1, 0.15) is 44.6 Å². The average molecular weight is 221 g/mol. The van der Waals surface area contributed by atoms with E-state index in [2.05, 4.69) is 41.8 Å². The van der Waals surface area contributed by atoms with Gasteiger partial charge in [0.2, 0.25) is 0 Å². The summed E-state index contributed by atoms with van der Waals surface area (Å²) < 4.78 is 2.11. The van der Waals surface area contributed by atoms with Crippen LogP contribution in [-0.2, 0) is 6.54 Å². The van der Waals surface area contributed by atoms with Crippen LogP contribution in [0.15, 0.2) is 12.4 Å². The van der Waals surface area contributed by atoms with Crippen LogP contribution in [0.25, 0.3) is 0 Å². The van der Waals surface area contributed by atoms with Gasteiger partial charge in [0, 0.05) is 12.2 Å². The minimum absolute atomic E-state index is 0.581. The van der Waals surface area contributed by atoms with Crippen molar-refractivity contribution in [1.82, 2.24) is 14.7 Å². The van der Waals surface area contributed by atoms with E-state index in [0.717, 1.165) is 6.54 Å². The predicted octanol–water partition coefficient (Wildman–Crippen LogP) is 2.49. The van der Waals surface area contributed by atoms with Gasteiger partial charge in [-0.05, 0) is 37.9 Å². The molecule has 1 fully saturated rings. The standard InChI is InChI=1S/C13H23N3/c1-11(2)12-8-14-16(9-12)10-13-6-4-5-7-15(13)3/h8-9,11,13H,4-7,10H2,1-3H3/t13-/m0/s1. The predicted molar refractivity (Wildman–Crippen MR) is 66.6 cm³/mol. The lowest BCUT2D eigenvalue weighted by molar-refractivity contribution is 0.163. The van der Waals surface area contributed by atoms with E-state index in [9.17, 15) is 0 Å². The van der Waals surface area contributed by atoms with E-state index in [1.54, 1.807) is 0 Å². The summed E-state index contributed by atoms with van der Waals surface area (Å²) in [7, 11) is 2.23. The number of hydrogen-bond acceptors (Lipinski definition) is 2. The zero-order valence-corrected chi connectivity index (χ0v) is 10.7. The van der Waals surface area contributed by atoms with Gasteiger partial charge in [0.15, 0.2) is 0 Å². The van der Waals surface area contributed by atoms with Crippen molar-refractivity contribution >= 4 is 0 Å². The molecule has 0 N–H and O–H groups in total. The van der Waals surface area contributed by atoms with Crippen molar-refractivity contribution in [2.75, 3.05) is 13.6 Å². The monoisotopic (exact) mass is 221 g/mol. The Kier molecular flexibility index (Phi) is 3.64. The van der Waals surface area contributed by atoms with Crippen molar-refractivity contribution in [2.45, 2.75) is 51.6 Å². The van der Waals surface area contributed by atoms with Gasteiger partial charge in [-0.25, -0.2) is 0 Å². The number of nitrogens with zero attached hydrogens (tertiary/aromatic N) is 3. The smallest absolute Gasteiger partial charge is 0.0564 e. The third kappa shape index (κ3) is 2.64. The van der Waals surface area contributed by atoms with Crippen LogP contribution < -0.4 is 0 Å². The molecule has 3 heteroatoms. The van der Waals surface area contributed by atoms with Crippen molar-refractivity contribution in [1.29, 1.82) is 0 Å². The van der Waals surface area contributed by atoms with Gasteiger partial charge in [0.05, 0.1) is 12.7 Å². The first-order valence-electron chi connectivity index (χ1n) is 6.39. The van der Waals surface area contributed by atoms with Crippen LogP contribution in [-0.4, -0.2) is 34.3 Å². The molecule has 1 aliphatic rings. The third-order valence-corrected chi connectivity index (χ3v) is 3.64. The fraction of sp³-hybridized carbons (Fsp3) is 0.769. The van der Waals surface area contributed by atoms with Crippen molar-refractivity contribution in [2.24, 2.45) is 0 Å². The topological polar surface area (TPSA) is 21.1 Å². The molecule has 2 rings (SSSR count). The minimum atomic E-state index is 0.581. The molecular weight excluding hydrogens is 198 g/mol. The molecule has 0 aliphatic carbocycles. The molecule has 0 amide bonds. The lowest BCUT2D eigenvalue weighted by Gasteiger charge is -2.32. The molecule has 0 spiro atoms. The van der Waals surface area contributed by atoms with Crippen molar-refractivity contribution in [3.8, 4) is 0 Å². The van der Waals surface area contributed by atoms with E-state index in [0.29, 0.717) is 12.0 Å². The molecule has 1 saturated heterocycles. The van der Waals surface area contributed by atoms with Crippen LogP contribution >= 0.6 is 0 Å². The van der Waals surface area contributed by atoms with Gasteiger partial charge in [-0.3, -0.25) is 4.68 Å². The van der Waals surface area contributed by atoms with Crippen LogP contribution in [0.4, 0.5) is 0 Å². The Balaban J connectivity index is 1.97. The summed E-state index contributed by atoms with van der Waals surface area (Å²) in [5.74, 6) is 0.581. The summed E-state index contributed by atoms with van der Waals surface area (Å²) in [6, 6.07) is 0.675. The Morgan fingerprint density at radius 2 is 2.25 bits per heavy atom. The first-order valence-corrected chi connectivity index (χ1v) is 6.39. The first-order chi connectivity index (χ1) is 7.66. The van der Waals surface area contributed by atoms with Gasteiger partial charge in [-0.2, -0.15) is 5.10 Å². The molecule has 0 bridgehead atoms. The summed E-state index contributed by atoms with van der Waals surface area (Å²) in [4.78, 5) is 2.47. The van der Waals surface area contributed by atoms with Crippen LogP contribution in [0.5, 0.6) is 0 Å². The highest BCUT2D eigenvalue weighted by Gasteiger charge is 2.19. The van der Waals surface area contributed by atoms with Crippen LogP contribution in [0.3, 0.4) is 0 Å². The van der Waals surface area contributed by atoms with Gasteiger partial charge < -0.3 is 4.90 Å². The normalized spacial score (nSPS) is 22.9. The molecule has 2 heterocycles. The fourth-order valence-electron chi connectivity index (χ4n) is 2.37. The maximum atomic E-state index is 4.46. The zero-order valence-electron chi connectivity index (χ0n) is 10.7. The first kappa shape index (κ1) is 11.6. The second-order valence-electron chi connectivity index (χ2n) is 5.28. The number of likely N-dealkylation sites (tertiary alicyclic amines) is 1. The SMILES string of the molecule is CC(C)c1cnn(C[C@@H]2CCCCN2C)c1. The van der Waals surface area contributed by atoms with E-state index >= 15 is 0 Å². The van der Waals surface area contributed by atoms with E-state index in [-0.39, 0.29) is 0 Å². The Morgan fingerprint density at radius 1 is 1.44 bits per heavy atom. The Labute approximate surface area is 98.4 Å². The number of aromatic nitrogens is 2. The molecule has 16 heavy (non-hydrogen) atoms. The molecule has 0 unspecified atom stereocenters. The maximum Gasteiger partial charge on any atom is 0.0564 e. The van der Waals surface area contributed by atoms with Crippen LogP contribution in [0.2, 0.25) is 0 Å². The number of hydrogen-bond donors (Lipinski definition) is 0. The molecule has 1 aromatic rings. The number of piperidine rings is 1. The summed E-state index contributed by atoms with van der Waals surface area (Å²) in [6.45, 7) is 6.72. The molecule has 1 aromatic heterocycles. The van der Waals surface area contributed by atoms with Gasteiger partial charge in [0.25, 0.3) is 0 Å². The van der Waals surface area contributed by atoms with E-state index in [4.69, 9.17) is 0 Å². The molecule has 1 atom stereocenters. The minimum Gasteiger partial charge on any atom is -0.302 e. The highest BCUT2D eigenvalue weighted by molar-refractivity contribution is 5.08. The maximum absolute atomic E-state index is 4.46. The fourth-order valence-corrected chi connectivity index (χ4v) is 2.37. The van der Waals surface area contributed by atoms with Gasteiger partial charge in [-0.1, -0.05) is 20.3 Å². The number of likely N-dealkylation sites (N-methyl/N-ethyl adjacent to an activating group) is 1. The Hall–Kier alpha value is -0.830. The second kappa shape index (κ2) is 5.00. The third-order valence-electron chi connectivity index (χ3n) is 3.64. The summed E-state index contributed by atoms with van der Waals surface area (Å²) in [5, 5.41) is 4.46. The second-order valence-corrected chi connectivity index (χ2v) is 5.28. The molecular formula is C13H23N3. The Morgan fingerprint density at radius 3 is 2.88 bits per heavy atom. The van der Waals surface area contributed by atoms with Crippen LogP contribution in [0, 0.1) is 0 Å². The molecule has 0 aromatic carbocycles. The zero-order chi connectivity index (χ0) is 11.5. The summed E-state index contributed by atoms with van der Waals surface area (Å²) in [5.41, 5.74) is 1.35. The summed E-state index contributed by atoms with van der Waals surface area (Å²) in [6.07, 6.45) is 8.24. The van der Waals surface area contributed by atoms with E-state index < -0.39 is 0 Å². The molecule has 90 valence electrons. The average Bonchev–Trinajstić information content (AvgIpc) is 2.70. The van der Waals surface area contributed by atoms with E-state index in [1.807, 2.05) is 6.20 Å². The van der Waals surface area contributed by atoms with E-state index in [1.165, 1.54) is 31.4 Å². The Bertz CT molecular complexity index is 330.